The van der Waals surface area contributed by atoms with E-state index in [9.17, 15) is 0 Å². The van der Waals surface area contributed by atoms with Crippen molar-refractivity contribution < 1.29 is 22.4 Å². The molecule has 2 aromatic rings. The summed E-state index contributed by atoms with van der Waals surface area (Å²) >= 11 is 4.37. The molecule has 1 radical (unpaired) electrons. The molecular formula is C6H6AgNS5+. The number of benzene rings is 1. The topological polar surface area (TPSA) is 4.93 Å². The van der Waals surface area contributed by atoms with Crippen LogP contribution in [0.15, 0.2) is 30.3 Å². The summed E-state index contributed by atoms with van der Waals surface area (Å²) in [7, 11) is 5.44. The van der Waals surface area contributed by atoms with E-state index < -0.39 is 0 Å². The third-order valence-electron chi connectivity index (χ3n) is 1.27. The van der Waals surface area contributed by atoms with E-state index >= 15 is 0 Å². The Morgan fingerprint density at radius 2 is 1.92 bits per heavy atom. The Balaban J connectivity index is 0.000000845. The third kappa shape index (κ3) is 2.97. The van der Waals surface area contributed by atoms with Crippen molar-refractivity contribution in [3.8, 4) is 4.90 Å². The zero-order valence-electron chi connectivity index (χ0n) is 6.22. The molecule has 0 aliphatic carbocycles. The second-order valence-electron chi connectivity index (χ2n) is 2.01. The summed E-state index contributed by atoms with van der Waals surface area (Å²) in [4.78, 5) is 1.34. The van der Waals surface area contributed by atoms with Crippen molar-refractivity contribution in [2.45, 2.75) is 0 Å². The van der Waals surface area contributed by atoms with E-state index in [1.165, 1.54) is 4.90 Å². The molecular weight excluding hydrogens is 354 g/mol. The van der Waals surface area contributed by atoms with Gasteiger partial charge in [0.15, 0.2) is 9.34 Å². The van der Waals surface area contributed by atoms with Crippen LogP contribution in [-0.2, 0) is 22.4 Å². The summed E-state index contributed by atoms with van der Waals surface area (Å²) in [5.74, 6) is 0. The molecule has 1 heterocycles. The summed E-state index contributed by atoms with van der Waals surface area (Å²) < 4.78 is 2.00. The van der Waals surface area contributed by atoms with Crippen LogP contribution in [0.5, 0.6) is 0 Å². The molecule has 1 nitrogen and oxygen atoms in total. The van der Waals surface area contributed by atoms with Crippen molar-refractivity contribution in [3.05, 3.63) is 30.3 Å². The Labute approximate surface area is 111 Å². The average molecular weight is 360 g/mol. The first kappa shape index (κ1) is 12.1. The van der Waals surface area contributed by atoms with Crippen molar-refractivity contribution >= 4 is 51.7 Å². The fourth-order valence-electron chi connectivity index (χ4n) is 0.785. The maximum Gasteiger partial charge on any atom is 0.271 e. The van der Waals surface area contributed by atoms with Crippen LogP contribution < -0.4 is 0 Å². The molecule has 0 spiro atoms. The first-order chi connectivity index (χ1) is 5.88. The van der Waals surface area contributed by atoms with E-state index in [1.54, 1.807) is 19.9 Å². The molecule has 0 saturated carbocycles. The molecule has 1 aromatic heterocycles. The third-order valence-corrected chi connectivity index (χ3v) is 11.2. The maximum absolute atomic E-state index is 4.37. The number of thiol groups is 1. The largest absolute Gasteiger partial charge is 0.271 e. The van der Waals surface area contributed by atoms with Gasteiger partial charge in [0.05, 0.1) is 9.67 Å². The molecule has 0 aliphatic heterocycles. The van der Waals surface area contributed by atoms with E-state index in [1.807, 2.05) is 18.2 Å². The van der Waals surface area contributed by atoms with Crippen LogP contribution in [0.3, 0.4) is 0 Å². The van der Waals surface area contributed by atoms with Crippen LogP contribution in [0.4, 0.5) is 0 Å². The molecule has 0 aliphatic rings. The Kier molecular flexibility index (Phi) is 5.35. The van der Waals surface area contributed by atoms with Gasteiger partial charge in [0.1, 0.15) is 4.90 Å². The molecule has 75 valence electrons. The van der Waals surface area contributed by atoms with Crippen molar-refractivity contribution in [1.82, 2.24) is 2.75 Å². The number of hydrogen-bond acceptors (Lipinski definition) is 4. The predicted molar refractivity (Wildman–Crippen MR) is 63.9 cm³/mol. The second-order valence-corrected chi connectivity index (χ2v) is 9.96. The molecule has 0 bridgehead atoms. The summed E-state index contributed by atoms with van der Waals surface area (Å²) in [5, 5.41) is 0. The van der Waals surface area contributed by atoms with E-state index in [-0.39, 0.29) is 32.0 Å². The Bertz CT molecular complexity index is 376. The van der Waals surface area contributed by atoms with Crippen LogP contribution in [0.2, 0.25) is 0 Å². The van der Waals surface area contributed by atoms with Crippen molar-refractivity contribution in [2.24, 2.45) is 0 Å². The average Bonchev–Trinajstić information content (AvgIpc) is 2.53. The molecule has 0 saturated heterocycles. The molecule has 0 amide bonds. The normalized spacial score (nSPS) is 10.7. The van der Waals surface area contributed by atoms with Gasteiger partial charge >= 0.3 is 0 Å². The van der Waals surface area contributed by atoms with Gasteiger partial charge in [-0.15, -0.1) is 0 Å². The van der Waals surface area contributed by atoms with Gasteiger partial charge in [-0.05, 0) is 24.9 Å². The molecule has 13 heavy (non-hydrogen) atoms. The molecule has 1 atom stereocenters. The first-order valence-corrected chi connectivity index (χ1v) is 8.72. The van der Waals surface area contributed by atoms with Gasteiger partial charge in [0.2, 0.25) is 9.34 Å². The molecule has 1 aromatic carbocycles. The van der Waals surface area contributed by atoms with Crippen molar-refractivity contribution in [2.75, 3.05) is 0 Å². The van der Waals surface area contributed by atoms with Crippen LogP contribution in [-0.4, -0.2) is 2.75 Å². The Morgan fingerprint density at radius 3 is 2.46 bits per heavy atom. The number of rotatable bonds is 1. The number of nitrogens with zero attached hydrogens (tertiary/aromatic N) is 1. The zero-order chi connectivity index (χ0) is 8.39. The Morgan fingerprint density at radius 1 is 1.23 bits per heavy atom. The van der Waals surface area contributed by atoms with Gasteiger partial charge < -0.3 is 0 Å². The van der Waals surface area contributed by atoms with Crippen molar-refractivity contribution in [1.29, 1.82) is 0 Å². The summed E-state index contributed by atoms with van der Waals surface area (Å²) in [6.07, 6.45) is 0. The fraction of sp³-hybridized carbons (Fsp3) is 0. The molecule has 1 unspecified atom stereocenters. The molecule has 0 N–H and O–H groups in total. The van der Waals surface area contributed by atoms with Crippen LogP contribution in [0.1, 0.15) is 0 Å². The van der Waals surface area contributed by atoms with Gasteiger partial charge in [-0.2, -0.15) is 0 Å². The fourth-order valence-corrected chi connectivity index (χ4v) is 11.9. The minimum atomic E-state index is 0. The Hall–Kier alpha value is 0.990. The van der Waals surface area contributed by atoms with E-state index in [4.69, 9.17) is 0 Å². The zero-order valence-corrected chi connectivity index (χ0v) is 11.9. The summed E-state index contributed by atoms with van der Waals surface area (Å²) in [6.45, 7) is 0. The van der Waals surface area contributed by atoms with Gasteiger partial charge in [-0.3, -0.25) is 0 Å². The quantitative estimate of drug-likeness (QED) is 0.336. The minimum Gasteiger partial charge on any atom is -0.0641 e. The standard InChI is InChI=1S/C6H6NS5.Ag/c8-7-9-10-11-12(7)6-4-2-1-3-5-6;/h1-5,8H;/q+1;. The first-order valence-electron chi connectivity index (χ1n) is 3.18. The smallest absolute Gasteiger partial charge is 0.0641 e. The van der Waals surface area contributed by atoms with E-state index in [0.29, 0.717) is 0 Å². The van der Waals surface area contributed by atoms with Crippen LogP contribution >= 0.6 is 51.7 Å². The van der Waals surface area contributed by atoms with Gasteiger partial charge in [0, 0.05) is 22.4 Å². The number of aromatic nitrogens is 1. The van der Waals surface area contributed by atoms with E-state index in [2.05, 4.69) is 37.1 Å². The number of hydrogen-bond donors (Lipinski definition) is 1. The van der Waals surface area contributed by atoms with Gasteiger partial charge in [-0.1, -0.05) is 21.0 Å². The van der Waals surface area contributed by atoms with Gasteiger partial charge in [-0.25, -0.2) is 0 Å². The SMILES string of the molecule is Sn1sss[s+]1-c1ccccc1.[Ag]. The molecule has 0 fully saturated rings. The predicted octanol–water partition coefficient (Wildman–Crippen LogP) is 4.23. The summed E-state index contributed by atoms with van der Waals surface area (Å²) in [6, 6.07) is 10.5. The minimum absolute atomic E-state index is 0. The second kappa shape index (κ2) is 5.77. The molecule has 7 heteroatoms. The van der Waals surface area contributed by atoms with E-state index in [0.717, 1.165) is 0 Å². The van der Waals surface area contributed by atoms with Crippen LogP contribution in [0.25, 0.3) is 4.90 Å². The molecule has 2 rings (SSSR count). The summed E-state index contributed by atoms with van der Waals surface area (Å²) in [5.41, 5.74) is 0. The maximum atomic E-state index is 4.37. The monoisotopic (exact) mass is 359 g/mol. The van der Waals surface area contributed by atoms with Crippen LogP contribution in [0, 0.1) is 0 Å². The van der Waals surface area contributed by atoms with Crippen molar-refractivity contribution in [3.63, 3.8) is 0 Å². The van der Waals surface area contributed by atoms with Gasteiger partial charge in [0.25, 0.3) is 10.5 Å².